The Morgan fingerprint density at radius 2 is 1.58 bits per heavy atom. The molecule has 4 aliphatic carbocycles. The van der Waals surface area contributed by atoms with E-state index in [9.17, 15) is 5.11 Å². The molecule has 0 spiro atoms. The van der Waals surface area contributed by atoms with Crippen molar-refractivity contribution >= 4 is 15.9 Å². The lowest BCUT2D eigenvalue weighted by Crippen LogP contribution is -2.48. The van der Waals surface area contributed by atoms with Crippen molar-refractivity contribution in [1.82, 2.24) is 0 Å². The molecule has 0 aromatic heterocycles. The number of phenolic OH excluding ortho intramolecular Hbond substituents is 1. The van der Waals surface area contributed by atoms with Crippen LogP contribution in [0.1, 0.15) is 49.7 Å². The van der Waals surface area contributed by atoms with Crippen LogP contribution in [-0.4, -0.2) is 5.11 Å². The van der Waals surface area contributed by atoms with Gasteiger partial charge in [0, 0.05) is 5.56 Å². The molecule has 0 amide bonds. The minimum absolute atomic E-state index is 0.285. The van der Waals surface area contributed by atoms with E-state index in [1.165, 1.54) is 49.7 Å². The highest BCUT2D eigenvalue weighted by molar-refractivity contribution is 9.10. The van der Waals surface area contributed by atoms with Gasteiger partial charge in [0.25, 0.3) is 0 Å². The Bertz CT molecular complexity index is 499. The highest BCUT2D eigenvalue weighted by Gasteiger charge is 2.52. The van der Waals surface area contributed by atoms with Crippen LogP contribution < -0.4 is 0 Å². The van der Waals surface area contributed by atoms with Crippen LogP contribution in [-0.2, 0) is 5.41 Å². The van der Waals surface area contributed by atoms with E-state index >= 15 is 0 Å². The fourth-order valence-corrected chi connectivity index (χ4v) is 6.15. The van der Waals surface area contributed by atoms with Gasteiger partial charge in [-0.2, -0.15) is 0 Å². The second-order valence-electron chi connectivity index (χ2n) is 7.34. The van der Waals surface area contributed by atoms with Crippen LogP contribution in [0.2, 0.25) is 0 Å². The third-order valence-corrected chi connectivity index (χ3v) is 6.42. The Balaban J connectivity index is 1.84. The number of aryl methyl sites for hydroxylation is 1. The summed E-state index contributed by atoms with van der Waals surface area (Å²) >= 11 is 3.53. The van der Waals surface area contributed by atoms with Gasteiger partial charge in [0.15, 0.2) is 0 Å². The summed E-state index contributed by atoms with van der Waals surface area (Å²) in [5.41, 5.74) is 2.78. The first kappa shape index (κ1) is 12.3. The predicted octanol–water partition coefficient (Wildman–Crippen LogP) is 4.93. The van der Waals surface area contributed by atoms with Gasteiger partial charge in [0.05, 0.1) is 4.47 Å². The molecule has 5 rings (SSSR count). The smallest absolute Gasteiger partial charge is 0.133 e. The van der Waals surface area contributed by atoms with E-state index in [4.69, 9.17) is 0 Å². The molecular weight excluding hydrogens is 300 g/mol. The minimum Gasteiger partial charge on any atom is -0.506 e. The molecule has 0 unspecified atom stereocenters. The Kier molecular flexibility index (Phi) is 2.58. The van der Waals surface area contributed by atoms with Crippen molar-refractivity contribution in [3.8, 4) is 5.75 Å². The molecule has 1 N–H and O–H groups in total. The molecule has 2 heteroatoms. The molecule has 1 aromatic rings. The maximum atomic E-state index is 10.5. The number of phenols is 1. The summed E-state index contributed by atoms with van der Waals surface area (Å²) in [6.45, 7) is 2.13. The molecule has 4 fully saturated rings. The van der Waals surface area contributed by atoms with Crippen molar-refractivity contribution in [1.29, 1.82) is 0 Å². The van der Waals surface area contributed by atoms with Gasteiger partial charge in [0.1, 0.15) is 5.75 Å². The van der Waals surface area contributed by atoms with Gasteiger partial charge in [-0.05, 0) is 96.2 Å². The molecule has 0 radical (unpaired) electrons. The van der Waals surface area contributed by atoms with Crippen molar-refractivity contribution in [3.63, 3.8) is 0 Å². The van der Waals surface area contributed by atoms with Crippen molar-refractivity contribution < 1.29 is 5.11 Å². The molecule has 0 saturated heterocycles. The number of rotatable bonds is 1. The lowest BCUT2D eigenvalue weighted by molar-refractivity contribution is -0.00619. The second kappa shape index (κ2) is 4.00. The molecule has 4 aliphatic rings. The molecule has 0 atom stereocenters. The maximum Gasteiger partial charge on any atom is 0.133 e. The van der Waals surface area contributed by atoms with Gasteiger partial charge in [-0.1, -0.05) is 6.07 Å². The third kappa shape index (κ3) is 1.79. The monoisotopic (exact) mass is 320 g/mol. The van der Waals surface area contributed by atoms with E-state index in [1.54, 1.807) is 0 Å². The summed E-state index contributed by atoms with van der Waals surface area (Å²) in [5.74, 6) is 3.27. The fraction of sp³-hybridized carbons (Fsp3) is 0.647. The molecule has 1 nitrogen and oxygen atoms in total. The third-order valence-electron chi connectivity index (χ3n) is 5.82. The Morgan fingerprint density at radius 3 is 2.11 bits per heavy atom. The standard InChI is InChI=1S/C17H21BrO/c1-10-2-14(16(19)15(18)3-10)17-7-11-4-12(8-17)6-13(5-11)9-17/h2-3,11-13,19H,4-9H2,1H3. The lowest BCUT2D eigenvalue weighted by atomic mass is 9.48. The van der Waals surface area contributed by atoms with Crippen LogP contribution in [0, 0.1) is 24.7 Å². The van der Waals surface area contributed by atoms with Gasteiger partial charge in [-0.15, -0.1) is 0 Å². The van der Waals surface area contributed by atoms with E-state index < -0.39 is 0 Å². The molecule has 19 heavy (non-hydrogen) atoms. The average Bonchev–Trinajstić information content (AvgIpc) is 2.32. The summed E-state index contributed by atoms with van der Waals surface area (Å²) in [4.78, 5) is 0. The summed E-state index contributed by atoms with van der Waals surface area (Å²) in [6.07, 6.45) is 8.28. The summed E-state index contributed by atoms with van der Waals surface area (Å²) in [6, 6.07) is 4.27. The van der Waals surface area contributed by atoms with Gasteiger partial charge in [-0.3, -0.25) is 0 Å². The first-order valence-corrected chi connectivity index (χ1v) is 8.35. The van der Waals surface area contributed by atoms with E-state index in [1.807, 2.05) is 6.07 Å². The second-order valence-corrected chi connectivity index (χ2v) is 8.20. The zero-order valence-electron chi connectivity index (χ0n) is 11.5. The fourth-order valence-electron chi connectivity index (χ4n) is 5.58. The van der Waals surface area contributed by atoms with E-state index in [0.717, 1.165) is 22.2 Å². The van der Waals surface area contributed by atoms with Crippen LogP contribution in [0.25, 0.3) is 0 Å². The largest absolute Gasteiger partial charge is 0.506 e. The normalized spacial score (nSPS) is 39.8. The molecular formula is C17H21BrO. The zero-order valence-corrected chi connectivity index (χ0v) is 13.0. The SMILES string of the molecule is Cc1cc(Br)c(O)c(C23CC4CC(CC(C4)C2)C3)c1. The number of hydrogen-bond donors (Lipinski definition) is 1. The van der Waals surface area contributed by atoms with Crippen molar-refractivity contribution in [3.05, 3.63) is 27.7 Å². The van der Waals surface area contributed by atoms with Crippen LogP contribution >= 0.6 is 15.9 Å². The molecule has 4 bridgehead atoms. The topological polar surface area (TPSA) is 20.2 Å². The number of hydrogen-bond acceptors (Lipinski definition) is 1. The highest BCUT2D eigenvalue weighted by Crippen LogP contribution is 2.62. The van der Waals surface area contributed by atoms with Crippen molar-refractivity contribution in [2.24, 2.45) is 17.8 Å². The summed E-state index contributed by atoms with van der Waals surface area (Å²) in [7, 11) is 0. The van der Waals surface area contributed by atoms with Crippen LogP contribution in [0.5, 0.6) is 5.75 Å². The van der Waals surface area contributed by atoms with Gasteiger partial charge in [-0.25, -0.2) is 0 Å². The van der Waals surface area contributed by atoms with Crippen molar-refractivity contribution in [2.45, 2.75) is 50.9 Å². The van der Waals surface area contributed by atoms with E-state index in [-0.39, 0.29) is 5.41 Å². The van der Waals surface area contributed by atoms with Gasteiger partial charge < -0.3 is 5.11 Å². The van der Waals surface area contributed by atoms with Crippen LogP contribution in [0.4, 0.5) is 0 Å². The number of halogens is 1. The molecule has 1 aromatic carbocycles. The first-order chi connectivity index (χ1) is 9.06. The zero-order chi connectivity index (χ0) is 13.2. The molecule has 4 saturated carbocycles. The van der Waals surface area contributed by atoms with Gasteiger partial charge in [0.2, 0.25) is 0 Å². The van der Waals surface area contributed by atoms with Crippen LogP contribution in [0.3, 0.4) is 0 Å². The Labute approximate surface area is 123 Å². The molecule has 0 heterocycles. The summed E-state index contributed by atoms with van der Waals surface area (Å²) in [5, 5.41) is 10.5. The molecule has 0 aliphatic heterocycles. The van der Waals surface area contributed by atoms with E-state index in [0.29, 0.717) is 5.75 Å². The quantitative estimate of drug-likeness (QED) is 0.777. The van der Waals surface area contributed by atoms with Crippen molar-refractivity contribution in [2.75, 3.05) is 0 Å². The van der Waals surface area contributed by atoms with Crippen LogP contribution in [0.15, 0.2) is 16.6 Å². The van der Waals surface area contributed by atoms with E-state index in [2.05, 4.69) is 28.9 Å². The number of aromatic hydroxyl groups is 1. The predicted molar refractivity (Wildman–Crippen MR) is 80.4 cm³/mol. The number of benzene rings is 1. The summed E-state index contributed by atoms with van der Waals surface area (Å²) < 4.78 is 0.873. The maximum absolute atomic E-state index is 10.5. The first-order valence-electron chi connectivity index (χ1n) is 7.55. The minimum atomic E-state index is 0.285. The van der Waals surface area contributed by atoms with Gasteiger partial charge >= 0.3 is 0 Å². The lowest BCUT2D eigenvalue weighted by Gasteiger charge is -2.57. The highest BCUT2D eigenvalue weighted by atomic mass is 79.9. The Morgan fingerprint density at radius 1 is 1.05 bits per heavy atom. The average molecular weight is 321 g/mol. The molecule has 102 valence electrons. The Hall–Kier alpha value is -0.500.